The zero-order valence-corrected chi connectivity index (χ0v) is 13.9. The van der Waals surface area contributed by atoms with Gasteiger partial charge in [-0.2, -0.15) is 0 Å². The summed E-state index contributed by atoms with van der Waals surface area (Å²) in [6.45, 7) is 0.897. The number of rotatable bonds is 2. The molecule has 2 heterocycles. The highest BCUT2D eigenvalue weighted by molar-refractivity contribution is 5.94. The SMILES string of the molecule is C#Cc1cccc(C(=O)N2CCc3onc(-c4cccc(F)c4)c3C2)c1. The maximum atomic E-state index is 13.5. The molecule has 5 heteroatoms. The second-order valence-corrected chi connectivity index (χ2v) is 6.15. The summed E-state index contributed by atoms with van der Waals surface area (Å²) in [5.74, 6) is 2.85. The minimum atomic E-state index is -0.339. The van der Waals surface area contributed by atoms with Crippen molar-refractivity contribution in [3.05, 3.63) is 76.8 Å². The van der Waals surface area contributed by atoms with Crippen LogP contribution in [0, 0.1) is 18.2 Å². The zero-order valence-electron chi connectivity index (χ0n) is 13.9. The summed E-state index contributed by atoms with van der Waals surface area (Å²) >= 11 is 0. The van der Waals surface area contributed by atoms with Crippen LogP contribution < -0.4 is 0 Å². The lowest BCUT2D eigenvalue weighted by molar-refractivity contribution is 0.0729. The van der Waals surface area contributed by atoms with E-state index in [1.54, 1.807) is 41.3 Å². The van der Waals surface area contributed by atoms with E-state index in [1.165, 1.54) is 12.1 Å². The van der Waals surface area contributed by atoms with Crippen LogP contribution in [0.2, 0.25) is 0 Å². The summed E-state index contributed by atoms with van der Waals surface area (Å²) in [6, 6.07) is 13.2. The summed E-state index contributed by atoms with van der Waals surface area (Å²) in [7, 11) is 0. The Bertz CT molecular complexity index is 1030. The Morgan fingerprint density at radius 2 is 2.08 bits per heavy atom. The number of benzene rings is 2. The first-order chi connectivity index (χ1) is 12.7. The summed E-state index contributed by atoms with van der Waals surface area (Å²) in [6.07, 6.45) is 5.98. The van der Waals surface area contributed by atoms with Gasteiger partial charge in [0.1, 0.15) is 17.3 Å². The molecule has 2 aromatic carbocycles. The molecule has 128 valence electrons. The number of carbonyl (C=O) groups excluding carboxylic acids is 1. The molecule has 0 atom stereocenters. The topological polar surface area (TPSA) is 46.3 Å². The predicted octanol–water partition coefficient (Wildman–Crippen LogP) is 3.66. The van der Waals surface area contributed by atoms with E-state index < -0.39 is 0 Å². The van der Waals surface area contributed by atoms with Gasteiger partial charge in [-0.15, -0.1) is 6.42 Å². The first-order valence-corrected chi connectivity index (χ1v) is 8.25. The molecular weight excluding hydrogens is 331 g/mol. The molecule has 0 radical (unpaired) electrons. The molecule has 1 amide bonds. The van der Waals surface area contributed by atoms with E-state index in [1.807, 2.05) is 0 Å². The van der Waals surface area contributed by atoms with Crippen molar-refractivity contribution in [2.45, 2.75) is 13.0 Å². The molecule has 1 aliphatic rings. The Labute approximate surface area is 150 Å². The molecule has 0 spiro atoms. The van der Waals surface area contributed by atoms with Crippen LogP contribution >= 0.6 is 0 Å². The number of terminal acetylenes is 1. The van der Waals surface area contributed by atoms with Crippen molar-refractivity contribution in [3.8, 4) is 23.6 Å². The molecule has 0 unspecified atom stereocenters. The van der Waals surface area contributed by atoms with Gasteiger partial charge >= 0.3 is 0 Å². The molecule has 0 fully saturated rings. The van der Waals surface area contributed by atoms with Crippen LogP contribution in [0.3, 0.4) is 0 Å². The molecule has 3 aromatic rings. The van der Waals surface area contributed by atoms with Crippen molar-refractivity contribution >= 4 is 5.91 Å². The maximum Gasteiger partial charge on any atom is 0.254 e. The zero-order chi connectivity index (χ0) is 18.1. The molecule has 0 bridgehead atoms. The van der Waals surface area contributed by atoms with E-state index in [9.17, 15) is 9.18 Å². The lowest BCUT2D eigenvalue weighted by Crippen LogP contribution is -2.35. The summed E-state index contributed by atoms with van der Waals surface area (Å²) < 4.78 is 19.0. The Morgan fingerprint density at radius 1 is 1.23 bits per heavy atom. The van der Waals surface area contributed by atoms with Gasteiger partial charge in [-0.3, -0.25) is 4.79 Å². The molecule has 1 aromatic heterocycles. The van der Waals surface area contributed by atoms with Gasteiger partial charge in [0.25, 0.3) is 5.91 Å². The highest BCUT2D eigenvalue weighted by Crippen LogP contribution is 2.30. The molecule has 26 heavy (non-hydrogen) atoms. The maximum absolute atomic E-state index is 13.5. The number of hydrogen-bond acceptors (Lipinski definition) is 3. The molecular formula is C21H15FN2O2. The largest absolute Gasteiger partial charge is 0.360 e. The number of fused-ring (bicyclic) bond motifs is 1. The Kier molecular flexibility index (Phi) is 4.02. The third kappa shape index (κ3) is 2.86. The second kappa shape index (κ2) is 6.49. The molecule has 0 N–H and O–H groups in total. The van der Waals surface area contributed by atoms with Crippen molar-refractivity contribution in [1.29, 1.82) is 0 Å². The summed E-state index contributed by atoms with van der Waals surface area (Å²) in [4.78, 5) is 14.6. The lowest BCUT2D eigenvalue weighted by atomic mass is 10.0. The van der Waals surface area contributed by atoms with Crippen molar-refractivity contribution in [3.63, 3.8) is 0 Å². The van der Waals surface area contributed by atoms with E-state index in [0.717, 1.165) is 11.3 Å². The van der Waals surface area contributed by atoms with Gasteiger partial charge in [0, 0.05) is 35.2 Å². The predicted molar refractivity (Wildman–Crippen MR) is 94.7 cm³/mol. The van der Waals surface area contributed by atoms with Gasteiger partial charge in [-0.25, -0.2) is 4.39 Å². The van der Waals surface area contributed by atoms with E-state index in [2.05, 4.69) is 11.1 Å². The highest BCUT2D eigenvalue weighted by atomic mass is 19.1. The van der Waals surface area contributed by atoms with Gasteiger partial charge in [0.2, 0.25) is 0 Å². The van der Waals surface area contributed by atoms with Crippen LogP contribution in [-0.2, 0) is 13.0 Å². The van der Waals surface area contributed by atoms with Crippen LogP contribution in [0.1, 0.15) is 27.2 Å². The van der Waals surface area contributed by atoms with Crippen molar-refractivity contribution in [1.82, 2.24) is 10.1 Å². The number of aromatic nitrogens is 1. The number of nitrogens with zero attached hydrogens (tertiary/aromatic N) is 2. The minimum absolute atomic E-state index is 0.0980. The fraction of sp³-hybridized carbons (Fsp3) is 0.143. The van der Waals surface area contributed by atoms with Gasteiger partial charge in [-0.05, 0) is 30.3 Å². The Balaban J connectivity index is 1.64. The highest BCUT2D eigenvalue weighted by Gasteiger charge is 2.28. The molecule has 0 aliphatic carbocycles. The summed E-state index contributed by atoms with van der Waals surface area (Å²) in [5, 5.41) is 4.10. The first-order valence-electron chi connectivity index (χ1n) is 8.25. The van der Waals surface area contributed by atoms with E-state index in [0.29, 0.717) is 41.9 Å². The van der Waals surface area contributed by atoms with Gasteiger partial charge in [-0.1, -0.05) is 29.3 Å². The smallest absolute Gasteiger partial charge is 0.254 e. The van der Waals surface area contributed by atoms with Crippen LogP contribution in [0.25, 0.3) is 11.3 Å². The third-order valence-corrected chi connectivity index (χ3v) is 4.49. The molecule has 4 nitrogen and oxygen atoms in total. The molecule has 0 saturated carbocycles. The van der Waals surface area contributed by atoms with Crippen LogP contribution in [-0.4, -0.2) is 22.5 Å². The van der Waals surface area contributed by atoms with E-state index >= 15 is 0 Å². The Morgan fingerprint density at radius 3 is 2.88 bits per heavy atom. The van der Waals surface area contributed by atoms with Crippen molar-refractivity contribution < 1.29 is 13.7 Å². The second-order valence-electron chi connectivity index (χ2n) is 6.15. The van der Waals surface area contributed by atoms with Gasteiger partial charge in [0.15, 0.2) is 0 Å². The average Bonchev–Trinajstić information content (AvgIpc) is 3.10. The Hall–Kier alpha value is -3.39. The molecule has 1 aliphatic heterocycles. The molecule has 4 rings (SSSR count). The van der Waals surface area contributed by atoms with E-state index in [-0.39, 0.29) is 11.7 Å². The van der Waals surface area contributed by atoms with Crippen LogP contribution in [0.5, 0.6) is 0 Å². The lowest BCUT2D eigenvalue weighted by Gasteiger charge is -2.26. The number of amides is 1. The molecule has 0 saturated heterocycles. The van der Waals surface area contributed by atoms with Crippen molar-refractivity contribution in [2.24, 2.45) is 0 Å². The standard InChI is InChI=1S/C21H15FN2O2/c1-2-14-5-3-7-16(11-14)21(25)24-10-9-19-18(13-24)20(23-26-19)15-6-4-8-17(22)12-15/h1,3-8,11-12H,9-10,13H2. The summed E-state index contributed by atoms with van der Waals surface area (Å²) in [5.41, 5.74) is 3.25. The normalized spacial score (nSPS) is 13.2. The van der Waals surface area contributed by atoms with Gasteiger partial charge in [0.05, 0.1) is 6.54 Å². The van der Waals surface area contributed by atoms with Crippen LogP contribution in [0.15, 0.2) is 53.1 Å². The third-order valence-electron chi connectivity index (χ3n) is 4.49. The average molecular weight is 346 g/mol. The van der Waals surface area contributed by atoms with Crippen molar-refractivity contribution in [2.75, 3.05) is 6.54 Å². The number of carbonyl (C=O) groups is 1. The first kappa shape index (κ1) is 16.1. The van der Waals surface area contributed by atoms with Gasteiger partial charge < -0.3 is 9.42 Å². The fourth-order valence-corrected chi connectivity index (χ4v) is 3.17. The minimum Gasteiger partial charge on any atom is -0.360 e. The fourth-order valence-electron chi connectivity index (χ4n) is 3.17. The number of halogens is 1. The monoisotopic (exact) mass is 346 g/mol. The number of hydrogen-bond donors (Lipinski definition) is 0. The van der Waals surface area contributed by atoms with Crippen LogP contribution in [0.4, 0.5) is 4.39 Å². The van der Waals surface area contributed by atoms with E-state index in [4.69, 9.17) is 10.9 Å². The quantitative estimate of drug-likeness (QED) is 0.665.